The van der Waals surface area contributed by atoms with Crippen molar-refractivity contribution in [2.24, 2.45) is 5.92 Å². The van der Waals surface area contributed by atoms with Gasteiger partial charge in [0.05, 0.1) is 0 Å². The monoisotopic (exact) mass is 280 g/mol. The SMILES string of the molecule is CNCC1CCN(Cc2ccc3c(c2)CCC3)C1.Cl. The molecular formula is C16H25ClN2. The molecule has 1 N–H and O–H groups in total. The Bertz CT molecular complexity index is 419. The third-order valence-corrected chi connectivity index (χ3v) is 4.43. The first-order valence-corrected chi connectivity index (χ1v) is 7.33. The summed E-state index contributed by atoms with van der Waals surface area (Å²) in [4.78, 5) is 2.61. The van der Waals surface area contributed by atoms with E-state index in [-0.39, 0.29) is 12.4 Å². The fourth-order valence-electron chi connectivity index (χ4n) is 3.49. The van der Waals surface area contributed by atoms with E-state index in [4.69, 9.17) is 0 Å². The van der Waals surface area contributed by atoms with Crippen molar-refractivity contribution in [1.82, 2.24) is 10.2 Å². The summed E-state index contributed by atoms with van der Waals surface area (Å²) in [6.07, 6.45) is 5.30. The molecule has 0 amide bonds. The molecule has 0 bridgehead atoms. The Morgan fingerprint density at radius 2 is 2.11 bits per heavy atom. The van der Waals surface area contributed by atoms with Crippen molar-refractivity contribution < 1.29 is 0 Å². The van der Waals surface area contributed by atoms with Crippen molar-refractivity contribution in [2.45, 2.75) is 32.2 Å². The van der Waals surface area contributed by atoms with Crippen LogP contribution >= 0.6 is 12.4 Å². The fraction of sp³-hybridized carbons (Fsp3) is 0.625. The average molecular weight is 281 g/mol. The van der Waals surface area contributed by atoms with Gasteiger partial charge in [-0.3, -0.25) is 4.90 Å². The molecule has 0 radical (unpaired) electrons. The zero-order valence-corrected chi connectivity index (χ0v) is 12.6. The Kier molecular flexibility index (Phi) is 5.26. The minimum absolute atomic E-state index is 0. The van der Waals surface area contributed by atoms with Gasteiger partial charge < -0.3 is 5.32 Å². The summed E-state index contributed by atoms with van der Waals surface area (Å²) in [7, 11) is 2.06. The molecule has 1 saturated heterocycles. The molecule has 1 aliphatic carbocycles. The number of halogens is 1. The van der Waals surface area contributed by atoms with Crippen LogP contribution in [0.5, 0.6) is 0 Å². The second kappa shape index (κ2) is 6.74. The second-order valence-corrected chi connectivity index (χ2v) is 5.90. The standard InChI is InChI=1S/C16H24N2.ClH/c1-17-10-14-7-8-18(12-14)11-13-5-6-15-3-2-4-16(15)9-13;/h5-6,9,14,17H,2-4,7-8,10-12H2,1H3;1H. The lowest BCUT2D eigenvalue weighted by Gasteiger charge is -2.16. The van der Waals surface area contributed by atoms with E-state index in [1.54, 1.807) is 11.1 Å². The number of hydrogen-bond donors (Lipinski definition) is 1. The number of likely N-dealkylation sites (tertiary alicyclic amines) is 1. The molecule has 0 spiro atoms. The van der Waals surface area contributed by atoms with Crippen molar-refractivity contribution >= 4 is 12.4 Å². The van der Waals surface area contributed by atoms with E-state index in [0.29, 0.717) is 0 Å². The molecule has 1 aliphatic heterocycles. The van der Waals surface area contributed by atoms with E-state index in [1.807, 2.05) is 0 Å². The highest BCUT2D eigenvalue weighted by Crippen LogP contribution is 2.24. The van der Waals surface area contributed by atoms with Gasteiger partial charge in [0, 0.05) is 13.1 Å². The summed E-state index contributed by atoms with van der Waals surface area (Å²) >= 11 is 0. The van der Waals surface area contributed by atoms with E-state index >= 15 is 0 Å². The first-order valence-electron chi connectivity index (χ1n) is 7.33. The maximum Gasteiger partial charge on any atom is 0.0233 e. The quantitative estimate of drug-likeness (QED) is 0.912. The molecule has 1 unspecified atom stereocenters. The topological polar surface area (TPSA) is 15.3 Å². The van der Waals surface area contributed by atoms with Crippen molar-refractivity contribution in [1.29, 1.82) is 0 Å². The maximum absolute atomic E-state index is 3.30. The molecule has 0 aromatic heterocycles. The fourth-order valence-corrected chi connectivity index (χ4v) is 3.49. The van der Waals surface area contributed by atoms with E-state index < -0.39 is 0 Å². The maximum atomic E-state index is 3.30. The Morgan fingerprint density at radius 3 is 2.95 bits per heavy atom. The molecule has 3 rings (SSSR count). The third kappa shape index (κ3) is 3.50. The largest absolute Gasteiger partial charge is 0.319 e. The average Bonchev–Trinajstić information content (AvgIpc) is 2.98. The van der Waals surface area contributed by atoms with Crippen LogP contribution in [0.2, 0.25) is 0 Å². The van der Waals surface area contributed by atoms with Gasteiger partial charge in [-0.25, -0.2) is 0 Å². The summed E-state index contributed by atoms with van der Waals surface area (Å²) in [5, 5.41) is 3.30. The molecule has 106 valence electrons. The van der Waals surface area contributed by atoms with Gasteiger partial charge in [0.2, 0.25) is 0 Å². The predicted molar refractivity (Wildman–Crippen MR) is 83.0 cm³/mol. The molecule has 1 heterocycles. The Morgan fingerprint density at radius 1 is 1.26 bits per heavy atom. The van der Waals surface area contributed by atoms with Gasteiger partial charge in [0.25, 0.3) is 0 Å². The lowest BCUT2D eigenvalue weighted by atomic mass is 10.1. The molecule has 2 nitrogen and oxygen atoms in total. The van der Waals surface area contributed by atoms with E-state index in [0.717, 1.165) is 12.5 Å². The zero-order chi connectivity index (χ0) is 12.4. The number of fused-ring (bicyclic) bond motifs is 1. The van der Waals surface area contributed by atoms with Gasteiger partial charge in [-0.15, -0.1) is 12.4 Å². The van der Waals surface area contributed by atoms with E-state index in [9.17, 15) is 0 Å². The lowest BCUT2D eigenvalue weighted by Crippen LogP contribution is -2.24. The van der Waals surface area contributed by atoms with Crippen molar-refractivity contribution in [3.63, 3.8) is 0 Å². The van der Waals surface area contributed by atoms with Crippen LogP contribution in [0.4, 0.5) is 0 Å². The minimum atomic E-state index is 0. The Labute approximate surface area is 123 Å². The molecule has 1 aromatic rings. The van der Waals surface area contributed by atoms with Crippen molar-refractivity contribution in [2.75, 3.05) is 26.7 Å². The third-order valence-electron chi connectivity index (χ3n) is 4.43. The van der Waals surface area contributed by atoms with E-state index in [2.05, 4.69) is 35.5 Å². The molecule has 1 atom stereocenters. The normalized spacial score (nSPS) is 22.3. The molecule has 1 fully saturated rings. The van der Waals surface area contributed by atoms with Crippen LogP contribution in [-0.2, 0) is 19.4 Å². The van der Waals surface area contributed by atoms with Crippen LogP contribution in [-0.4, -0.2) is 31.6 Å². The number of hydrogen-bond acceptors (Lipinski definition) is 2. The zero-order valence-electron chi connectivity index (χ0n) is 11.8. The van der Waals surface area contributed by atoms with Crippen LogP contribution < -0.4 is 5.32 Å². The number of nitrogens with one attached hydrogen (secondary N) is 1. The number of aryl methyl sites for hydroxylation is 2. The minimum Gasteiger partial charge on any atom is -0.319 e. The number of rotatable bonds is 4. The van der Waals surface area contributed by atoms with Gasteiger partial charge >= 0.3 is 0 Å². The second-order valence-electron chi connectivity index (χ2n) is 5.90. The molecule has 19 heavy (non-hydrogen) atoms. The van der Waals surface area contributed by atoms with Crippen LogP contribution in [0.25, 0.3) is 0 Å². The van der Waals surface area contributed by atoms with Crippen LogP contribution in [0.1, 0.15) is 29.5 Å². The van der Waals surface area contributed by atoms with Crippen LogP contribution in [0, 0.1) is 5.92 Å². The molecular weight excluding hydrogens is 256 g/mol. The summed E-state index contributed by atoms with van der Waals surface area (Å²) < 4.78 is 0. The number of benzene rings is 1. The molecule has 1 aromatic carbocycles. The molecule has 0 saturated carbocycles. The smallest absolute Gasteiger partial charge is 0.0233 e. The first kappa shape index (κ1) is 14.8. The van der Waals surface area contributed by atoms with Gasteiger partial charge in [0.15, 0.2) is 0 Å². The number of nitrogens with zero attached hydrogens (tertiary/aromatic N) is 1. The molecule has 2 aliphatic rings. The Balaban J connectivity index is 0.00000133. The highest BCUT2D eigenvalue weighted by Gasteiger charge is 2.22. The van der Waals surface area contributed by atoms with Gasteiger partial charge in [-0.2, -0.15) is 0 Å². The van der Waals surface area contributed by atoms with Gasteiger partial charge in [-0.05, 0) is 68.4 Å². The summed E-state index contributed by atoms with van der Waals surface area (Å²) in [6.45, 7) is 4.84. The van der Waals surface area contributed by atoms with Gasteiger partial charge in [0.1, 0.15) is 0 Å². The highest BCUT2D eigenvalue weighted by atomic mass is 35.5. The first-order chi connectivity index (χ1) is 8.85. The van der Waals surface area contributed by atoms with Crippen LogP contribution in [0.15, 0.2) is 18.2 Å². The summed E-state index contributed by atoms with van der Waals surface area (Å²) in [5.41, 5.74) is 4.72. The van der Waals surface area contributed by atoms with Crippen LogP contribution in [0.3, 0.4) is 0 Å². The summed E-state index contributed by atoms with van der Waals surface area (Å²) in [5.74, 6) is 0.851. The summed E-state index contributed by atoms with van der Waals surface area (Å²) in [6, 6.07) is 7.15. The Hall–Kier alpha value is -0.570. The highest BCUT2D eigenvalue weighted by molar-refractivity contribution is 5.85. The van der Waals surface area contributed by atoms with Crippen molar-refractivity contribution in [3.05, 3.63) is 34.9 Å². The molecule has 3 heteroatoms. The van der Waals surface area contributed by atoms with E-state index in [1.165, 1.54) is 50.9 Å². The van der Waals surface area contributed by atoms with Gasteiger partial charge in [-0.1, -0.05) is 18.2 Å². The van der Waals surface area contributed by atoms with Crippen molar-refractivity contribution in [3.8, 4) is 0 Å². The lowest BCUT2D eigenvalue weighted by molar-refractivity contribution is 0.315. The predicted octanol–water partition coefficient (Wildman–Crippen LogP) is 2.64.